The van der Waals surface area contributed by atoms with Crippen LogP contribution in [0.15, 0.2) is 42.5 Å². The number of aromatic nitrogens is 2. The standard InChI is InChI=1S/C13H8ClIN2S/c14-9-3-1-2-4-11(9)17-12-6-5-8(15)7-10(12)16-13(17)18/h1-7H,(H,16,18). The molecule has 0 bridgehead atoms. The van der Waals surface area contributed by atoms with E-state index >= 15 is 0 Å². The Kier molecular flexibility index (Phi) is 3.17. The quantitative estimate of drug-likeness (QED) is 0.464. The zero-order valence-electron chi connectivity index (χ0n) is 9.15. The van der Waals surface area contributed by atoms with Gasteiger partial charge >= 0.3 is 0 Å². The van der Waals surface area contributed by atoms with Crippen molar-refractivity contribution < 1.29 is 0 Å². The largest absolute Gasteiger partial charge is 0.330 e. The first-order valence-electron chi connectivity index (χ1n) is 5.32. The van der Waals surface area contributed by atoms with E-state index in [1.165, 1.54) is 3.57 Å². The van der Waals surface area contributed by atoms with Crippen LogP contribution in [0.25, 0.3) is 16.7 Å². The summed E-state index contributed by atoms with van der Waals surface area (Å²) >= 11 is 13.9. The molecule has 0 aliphatic heterocycles. The summed E-state index contributed by atoms with van der Waals surface area (Å²) in [7, 11) is 0. The lowest BCUT2D eigenvalue weighted by atomic mass is 10.3. The van der Waals surface area contributed by atoms with Crippen molar-refractivity contribution in [3.63, 3.8) is 0 Å². The molecule has 2 nitrogen and oxygen atoms in total. The van der Waals surface area contributed by atoms with E-state index in [1.807, 2.05) is 34.9 Å². The number of nitrogens with zero attached hydrogens (tertiary/aromatic N) is 1. The van der Waals surface area contributed by atoms with E-state index in [4.69, 9.17) is 23.8 Å². The average Bonchev–Trinajstić information content (AvgIpc) is 2.65. The van der Waals surface area contributed by atoms with Crippen LogP contribution >= 0.6 is 46.4 Å². The van der Waals surface area contributed by atoms with E-state index in [-0.39, 0.29) is 0 Å². The van der Waals surface area contributed by atoms with Crippen molar-refractivity contribution in [2.24, 2.45) is 0 Å². The van der Waals surface area contributed by atoms with E-state index in [2.05, 4.69) is 39.7 Å². The van der Waals surface area contributed by atoms with Crippen molar-refractivity contribution >= 4 is 57.4 Å². The summed E-state index contributed by atoms with van der Waals surface area (Å²) in [4.78, 5) is 3.21. The fourth-order valence-electron chi connectivity index (χ4n) is 1.96. The molecule has 0 radical (unpaired) electrons. The first kappa shape index (κ1) is 12.2. The number of hydrogen-bond acceptors (Lipinski definition) is 1. The van der Waals surface area contributed by atoms with Gasteiger partial charge in [0, 0.05) is 3.57 Å². The second-order valence-electron chi connectivity index (χ2n) is 3.88. The number of nitrogens with one attached hydrogen (secondary N) is 1. The number of fused-ring (bicyclic) bond motifs is 1. The zero-order valence-corrected chi connectivity index (χ0v) is 12.9. The van der Waals surface area contributed by atoms with E-state index in [9.17, 15) is 0 Å². The Hall–Kier alpha value is -0.850. The van der Waals surface area contributed by atoms with Gasteiger partial charge in [0.2, 0.25) is 0 Å². The highest BCUT2D eigenvalue weighted by Crippen LogP contribution is 2.26. The number of rotatable bonds is 1. The summed E-state index contributed by atoms with van der Waals surface area (Å²) in [6.07, 6.45) is 0. The van der Waals surface area contributed by atoms with E-state index in [0.29, 0.717) is 9.79 Å². The van der Waals surface area contributed by atoms with Gasteiger partial charge in [-0.3, -0.25) is 4.57 Å². The number of aromatic amines is 1. The number of H-pyrrole nitrogens is 1. The van der Waals surface area contributed by atoms with Gasteiger partial charge in [0.15, 0.2) is 4.77 Å². The van der Waals surface area contributed by atoms with Crippen LogP contribution in [0, 0.1) is 8.34 Å². The Labute approximate surface area is 128 Å². The van der Waals surface area contributed by atoms with Gasteiger partial charge in [-0.15, -0.1) is 0 Å². The van der Waals surface area contributed by atoms with Crippen molar-refractivity contribution in [3.05, 3.63) is 55.8 Å². The molecule has 0 aliphatic rings. The highest BCUT2D eigenvalue weighted by molar-refractivity contribution is 14.1. The maximum Gasteiger partial charge on any atom is 0.182 e. The molecular formula is C13H8ClIN2S. The Balaban J connectivity index is 2.40. The van der Waals surface area contributed by atoms with E-state index in [0.717, 1.165) is 16.7 Å². The molecule has 0 saturated heterocycles. The van der Waals surface area contributed by atoms with Crippen molar-refractivity contribution in [3.8, 4) is 5.69 Å². The van der Waals surface area contributed by atoms with Gasteiger partial charge in [0.1, 0.15) is 0 Å². The molecule has 2 aromatic carbocycles. The van der Waals surface area contributed by atoms with Gasteiger partial charge < -0.3 is 4.98 Å². The Bertz CT molecular complexity index is 791. The van der Waals surface area contributed by atoms with Gasteiger partial charge in [-0.25, -0.2) is 0 Å². The number of imidazole rings is 1. The second kappa shape index (κ2) is 4.68. The van der Waals surface area contributed by atoms with E-state index in [1.54, 1.807) is 0 Å². The lowest BCUT2D eigenvalue weighted by molar-refractivity contribution is 1.07. The van der Waals surface area contributed by atoms with Gasteiger partial charge in [0.25, 0.3) is 0 Å². The summed E-state index contributed by atoms with van der Waals surface area (Å²) in [5, 5.41) is 0.688. The summed E-state index contributed by atoms with van der Waals surface area (Å²) < 4.78 is 3.78. The van der Waals surface area contributed by atoms with Crippen molar-refractivity contribution in [2.75, 3.05) is 0 Å². The molecule has 1 heterocycles. The normalized spacial score (nSPS) is 11.0. The maximum absolute atomic E-state index is 6.24. The van der Waals surface area contributed by atoms with Crippen LogP contribution < -0.4 is 0 Å². The third kappa shape index (κ3) is 1.98. The lowest BCUT2D eigenvalue weighted by Gasteiger charge is -2.06. The number of para-hydroxylation sites is 1. The molecule has 90 valence electrons. The number of halogens is 2. The molecule has 1 N–H and O–H groups in total. The first-order valence-corrected chi connectivity index (χ1v) is 7.18. The minimum absolute atomic E-state index is 0.653. The Morgan fingerprint density at radius 1 is 1.17 bits per heavy atom. The first-order chi connectivity index (χ1) is 8.66. The predicted molar refractivity (Wildman–Crippen MR) is 86.2 cm³/mol. The predicted octanol–water partition coefficient (Wildman–Crippen LogP) is 4.95. The van der Waals surface area contributed by atoms with Crippen molar-refractivity contribution in [1.29, 1.82) is 0 Å². The van der Waals surface area contributed by atoms with Crippen LogP contribution in [0.4, 0.5) is 0 Å². The topological polar surface area (TPSA) is 20.7 Å². The third-order valence-electron chi connectivity index (χ3n) is 2.74. The van der Waals surface area contributed by atoms with Gasteiger partial charge in [-0.2, -0.15) is 0 Å². The molecule has 3 aromatic rings. The zero-order chi connectivity index (χ0) is 12.7. The molecule has 1 aromatic heterocycles. The van der Waals surface area contributed by atoms with Crippen LogP contribution in [-0.4, -0.2) is 9.55 Å². The molecule has 0 aliphatic carbocycles. The minimum atomic E-state index is 0.653. The monoisotopic (exact) mass is 386 g/mol. The fraction of sp³-hybridized carbons (Fsp3) is 0. The summed E-state index contributed by atoms with van der Waals surface area (Å²) in [6.45, 7) is 0. The molecule has 0 atom stereocenters. The number of benzene rings is 2. The molecule has 0 amide bonds. The maximum atomic E-state index is 6.24. The van der Waals surface area contributed by atoms with Gasteiger partial charge in [0.05, 0.1) is 21.7 Å². The van der Waals surface area contributed by atoms with Gasteiger partial charge in [-0.1, -0.05) is 23.7 Å². The highest BCUT2D eigenvalue weighted by Gasteiger charge is 2.09. The molecule has 0 saturated carbocycles. The Morgan fingerprint density at radius 2 is 1.94 bits per heavy atom. The van der Waals surface area contributed by atoms with Gasteiger partial charge in [-0.05, 0) is 65.1 Å². The van der Waals surface area contributed by atoms with Crippen LogP contribution in [0.5, 0.6) is 0 Å². The summed E-state index contributed by atoms with van der Waals surface area (Å²) in [5.41, 5.74) is 2.96. The third-order valence-corrected chi connectivity index (χ3v) is 4.01. The SMILES string of the molecule is S=c1[nH]c2cc(I)ccc2n1-c1ccccc1Cl. The summed E-state index contributed by atoms with van der Waals surface area (Å²) in [5.74, 6) is 0. The van der Waals surface area contributed by atoms with Crippen LogP contribution in [0.3, 0.4) is 0 Å². The second-order valence-corrected chi connectivity index (χ2v) is 5.92. The smallest absolute Gasteiger partial charge is 0.182 e. The van der Waals surface area contributed by atoms with Crippen molar-refractivity contribution in [1.82, 2.24) is 9.55 Å². The lowest BCUT2D eigenvalue weighted by Crippen LogP contribution is -1.94. The fourth-order valence-corrected chi connectivity index (χ4v) is 2.97. The molecule has 0 fully saturated rings. The molecule has 3 rings (SSSR count). The highest BCUT2D eigenvalue weighted by atomic mass is 127. The summed E-state index contributed by atoms with van der Waals surface area (Å²) in [6, 6.07) is 13.9. The average molecular weight is 387 g/mol. The molecular weight excluding hydrogens is 379 g/mol. The molecule has 0 unspecified atom stereocenters. The molecule has 5 heteroatoms. The van der Waals surface area contributed by atoms with Crippen LogP contribution in [-0.2, 0) is 0 Å². The molecule has 18 heavy (non-hydrogen) atoms. The van der Waals surface area contributed by atoms with E-state index < -0.39 is 0 Å². The number of hydrogen-bond donors (Lipinski definition) is 1. The Morgan fingerprint density at radius 3 is 2.72 bits per heavy atom. The molecule has 0 spiro atoms. The minimum Gasteiger partial charge on any atom is -0.330 e. The van der Waals surface area contributed by atoms with Crippen LogP contribution in [0.2, 0.25) is 5.02 Å². The van der Waals surface area contributed by atoms with Crippen LogP contribution in [0.1, 0.15) is 0 Å². The van der Waals surface area contributed by atoms with Crippen molar-refractivity contribution in [2.45, 2.75) is 0 Å².